The molecule has 11 rings (SSSR count). The van der Waals surface area contributed by atoms with Crippen LogP contribution in [-0.4, -0.2) is 15.0 Å². The van der Waals surface area contributed by atoms with Gasteiger partial charge in [-0.3, -0.25) is 0 Å². The third kappa shape index (κ3) is 5.74. The van der Waals surface area contributed by atoms with Crippen molar-refractivity contribution in [2.24, 2.45) is 0 Å². The van der Waals surface area contributed by atoms with E-state index in [1.54, 1.807) is 0 Å². The van der Waals surface area contributed by atoms with Crippen LogP contribution < -0.4 is 0 Å². The zero-order chi connectivity index (χ0) is 37.7. The van der Waals surface area contributed by atoms with Gasteiger partial charge in [0.1, 0.15) is 11.2 Å². The summed E-state index contributed by atoms with van der Waals surface area (Å²) in [5, 5.41) is 6.91. The fourth-order valence-electron chi connectivity index (χ4n) is 8.21. The van der Waals surface area contributed by atoms with Crippen LogP contribution >= 0.6 is 0 Å². The molecule has 0 unspecified atom stereocenters. The van der Waals surface area contributed by atoms with Gasteiger partial charge in [0.25, 0.3) is 0 Å². The molecule has 2 aromatic heterocycles. The number of furan rings is 1. The summed E-state index contributed by atoms with van der Waals surface area (Å²) in [6.07, 6.45) is 0. The van der Waals surface area contributed by atoms with Gasteiger partial charge in [0.15, 0.2) is 17.5 Å². The first-order valence-corrected chi connectivity index (χ1v) is 19.2. The number of hydrogen-bond donors (Lipinski definition) is 0. The van der Waals surface area contributed by atoms with Gasteiger partial charge in [0.2, 0.25) is 0 Å². The number of aromatic nitrogens is 3. The van der Waals surface area contributed by atoms with Crippen molar-refractivity contribution in [2.45, 2.75) is 0 Å². The highest BCUT2D eigenvalue weighted by Gasteiger charge is 2.19. The summed E-state index contributed by atoms with van der Waals surface area (Å²) in [7, 11) is 0. The van der Waals surface area contributed by atoms with Crippen molar-refractivity contribution >= 4 is 43.5 Å². The lowest BCUT2D eigenvalue weighted by Crippen LogP contribution is -2.00. The second kappa shape index (κ2) is 13.6. The van der Waals surface area contributed by atoms with Gasteiger partial charge in [-0.15, -0.1) is 0 Å². The highest BCUT2D eigenvalue weighted by atomic mass is 16.3. The molecule has 0 saturated heterocycles. The third-order valence-electron chi connectivity index (χ3n) is 10.9. The molecular weight excluding hydrogens is 695 g/mol. The van der Waals surface area contributed by atoms with Crippen molar-refractivity contribution in [2.75, 3.05) is 0 Å². The molecular formula is C53H33N3O. The fourth-order valence-corrected chi connectivity index (χ4v) is 8.21. The van der Waals surface area contributed by atoms with Crippen LogP contribution in [0.3, 0.4) is 0 Å². The highest BCUT2D eigenvalue weighted by Crippen LogP contribution is 2.44. The average Bonchev–Trinajstić information content (AvgIpc) is 3.68. The lowest BCUT2D eigenvalue weighted by Gasteiger charge is -2.12. The van der Waals surface area contributed by atoms with Crippen LogP contribution in [0.15, 0.2) is 205 Å². The van der Waals surface area contributed by atoms with Crippen LogP contribution in [0.2, 0.25) is 0 Å². The molecule has 9 aromatic carbocycles. The number of hydrogen-bond acceptors (Lipinski definition) is 4. The predicted octanol–water partition coefficient (Wildman–Crippen LogP) is 14.1. The minimum absolute atomic E-state index is 0.631. The van der Waals surface area contributed by atoms with E-state index in [-0.39, 0.29) is 0 Å². The molecule has 0 fully saturated rings. The van der Waals surface area contributed by atoms with E-state index in [9.17, 15) is 0 Å². The van der Waals surface area contributed by atoms with Crippen molar-refractivity contribution in [3.8, 4) is 67.5 Å². The Hall–Kier alpha value is -7.69. The normalized spacial score (nSPS) is 11.5. The third-order valence-corrected chi connectivity index (χ3v) is 10.9. The molecule has 0 atom stereocenters. The zero-order valence-corrected chi connectivity index (χ0v) is 30.8. The molecule has 266 valence electrons. The van der Waals surface area contributed by atoms with Crippen LogP contribution in [0.1, 0.15) is 0 Å². The molecule has 0 radical (unpaired) electrons. The van der Waals surface area contributed by atoms with Crippen molar-refractivity contribution in [1.82, 2.24) is 15.0 Å². The first-order valence-electron chi connectivity index (χ1n) is 19.2. The van der Waals surface area contributed by atoms with E-state index in [0.717, 1.165) is 71.7 Å². The zero-order valence-electron chi connectivity index (χ0n) is 30.8. The maximum absolute atomic E-state index is 6.74. The van der Waals surface area contributed by atoms with E-state index >= 15 is 0 Å². The number of rotatable bonds is 6. The van der Waals surface area contributed by atoms with Crippen molar-refractivity contribution in [3.63, 3.8) is 0 Å². The molecule has 11 aromatic rings. The van der Waals surface area contributed by atoms with E-state index in [1.165, 1.54) is 21.9 Å². The quantitative estimate of drug-likeness (QED) is 0.171. The van der Waals surface area contributed by atoms with Crippen LogP contribution in [0, 0.1) is 0 Å². The predicted molar refractivity (Wildman–Crippen MR) is 235 cm³/mol. The number of nitrogens with zero attached hydrogens (tertiary/aromatic N) is 3. The van der Waals surface area contributed by atoms with E-state index in [0.29, 0.717) is 17.5 Å². The van der Waals surface area contributed by atoms with Crippen molar-refractivity contribution < 1.29 is 4.42 Å². The molecule has 57 heavy (non-hydrogen) atoms. The van der Waals surface area contributed by atoms with Crippen LogP contribution in [0.5, 0.6) is 0 Å². The van der Waals surface area contributed by atoms with E-state index in [2.05, 4.69) is 140 Å². The average molecular weight is 728 g/mol. The summed E-state index contributed by atoms with van der Waals surface area (Å²) in [6.45, 7) is 0. The molecule has 0 aliphatic carbocycles. The first kappa shape index (κ1) is 32.7. The number of benzene rings is 9. The van der Waals surface area contributed by atoms with E-state index in [4.69, 9.17) is 19.4 Å². The summed E-state index contributed by atoms with van der Waals surface area (Å²) in [5.41, 5.74) is 11.4. The van der Waals surface area contributed by atoms with Gasteiger partial charge < -0.3 is 4.42 Å². The van der Waals surface area contributed by atoms with Gasteiger partial charge in [-0.25, -0.2) is 15.0 Å². The van der Waals surface area contributed by atoms with Crippen LogP contribution in [0.4, 0.5) is 0 Å². The summed E-state index contributed by atoms with van der Waals surface area (Å²) in [4.78, 5) is 14.9. The Labute approximate surface area is 329 Å². The summed E-state index contributed by atoms with van der Waals surface area (Å²) >= 11 is 0. The summed E-state index contributed by atoms with van der Waals surface area (Å²) in [5.74, 6) is 1.92. The van der Waals surface area contributed by atoms with Crippen LogP contribution in [-0.2, 0) is 0 Å². The Balaban J connectivity index is 1.06. The minimum atomic E-state index is 0.631. The molecule has 0 N–H and O–H groups in total. The second-order valence-corrected chi connectivity index (χ2v) is 14.4. The topological polar surface area (TPSA) is 51.8 Å². The largest absolute Gasteiger partial charge is 0.455 e. The first-order chi connectivity index (χ1) is 28.2. The Morgan fingerprint density at radius 2 is 0.789 bits per heavy atom. The molecule has 0 bridgehead atoms. The fraction of sp³-hybridized carbons (Fsp3) is 0. The Bertz CT molecular complexity index is 3230. The molecule has 2 heterocycles. The van der Waals surface area contributed by atoms with E-state index in [1.807, 2.05) is 60.7 Å². The molecule has 0 spiro atoms. The molecule has 0 saturated carbocycles. The van der Waals surface area contributed by atoms with Crippen molar-refractivity contribution in [1.29, 1.82) is 0 Å². The highest BCUT2D eigenvalue weighted by molar-refractivity contribution is 6.23. The Kier molecular flexibility index (Phi) is 7.78. The SMILES string of the molecule is c1ccc(-c2nc(-c3ccccc3)nc(-c3cccc(-c4cccc(-c5cc6c(oc7cccc(-c8cccc9ccccc89)c76)c6ccccc56)c4)c3)n2)cc1. The smallest absolute Gasteiger partial charge is 0.164 e. The molecule has 4 heteroatoms. The van der Waals surface area contributed by atoms with Gasteiger partial charge >= 0.3 is 0 Å². The van der Waals surface area contributed by atoms with E-state index < -0.39 is 0 Å². The summed E-state index contributed by atoms with van der Waals surface area (Å²) < 4.78 is 6.74. The monoisotopic (exact) mass is 727 g/mol. The molecule has 0 aliphatic heterocycles. The molecule has 0 aliphatic rings. The van der Waals surface area contributed by atoms with Crippen molar-refractivity contribution in [3.05, 3.63) is 200 Å². The number of fused-ring (bicyclic) bond motifs is 6. The summed E-state index contributed by atoms with van der Waals surface area (Å²) in [6, 6.07) is 69.9. The minimum Gasteiger partial charge on any atom is -0.455 e. The van der Waals surface area contributed by atoms with Crippen LogP contribution in [0.25, 0.3) is 111 Å². The van der Waals surface area contributed by atoms with Gasteiger partial charge in [0, 0.05) is 32.8 Å². The Morgan fingerprint density at radius 3 is 1.51 bits per heavy atom. The maximum Gasteiger partial charge on any atom is 0.164 e. The standard InChI is InChI=1S/C53H33N3O/c1-3-16-35(17-4-1)51-54-52(36-18-5-2-6-19-36)56-53(55-51)40-24-12-22-38(32-40)37-21-11-23-39(31-37)46-33-47-49-44(42-28-13-20-34-15-7-8-25-41(34)42)29-14-30-48(49)57-50(47)45-27-10-9-26-43(45)46/h1-33H. The lowest BCUT2D eigenvalue weighted by atomic mass is 9.91. The molecule has 0 amide bonds. The second-order valence-electron chi connectivity index (χ2n) is 14.4. The molecule has 4 nitrogen and oxygen atoms in total. The Morgan fingerprint density at radius 1 is 0.298 bits per heavy atom. The van der Waals surface area contributed by atoms with Gasteiger partial charge in [-0.2, -0.15) is 0 Å². The van der Waals surface area contributed by atoms with Gasteiger partial charge in [-0.1, -0.05) is 176 Å². The lowest BCUT2D eigenvalue weighted by molar-refractivity contribution is 0.673. The maximum atomic E-state index is 6.74. The van der Waals surface area contributed by atoms with Gasteiger partial charge in [0.05, 0.1) is 0 Å². The van der Waals surface area contributed by atoms with Gasteiger partial charge in [-0.05, 0) is 73.8 Å².